The van der Waals surface area contributed by atoms with E-state index in [0.29, 0.717) is 25.6 Å². The van der Waals surface area contributed by atoms with Crippen molar-refractivity contribution in [3.8, 4) is 0 Å². The van der Waals surface area contributed by atoms with E-state index in [9.17, 15) is 9.90 Å². The average molecular weight is 247 g/mol. The van der Waals surface area contributed by atoms with Gasteiger partial charge in [-0.2, -0.15) is 0 Å². The van der Waals surface area contributed by atoms with Gasteiger partial charge in [0.2, 0.25) is 0 Å². The van der Waals surface area contributed by atoms with E-state index in [1.165, 1.54) is 5.56 Å². The first-order chi connectivity index (χ1) is 8.72. The van der Waals surface area contributed by atoms with Crippen molar-refractivity contribution in [2.24, 2.45) is 0 Å². The normalized spacial score (nSPS) is 29.1. The smallest absolute Gasteiger partial charge is 0.326 e. The molecular weight excluding hydrogens is 230 g/mol. The van der Waals surface area contributed by atoms with Crippen molar-refractivity contribution in [3.05, 3.63) is 35.9 Å². The predicted molar refractivity (Wildman–Crippen MR) is 66.6 cm³/mol. The van der Waals surface area contributed by atoms with E-state index in [-0.39, 0.29) is 0 Å². The lowest BCUT2D eigenvalue weighted by Gasteiger charge is -2.48. The second kappa shape index (κ2) is 4.37. The minimum absolute atomic E-state index is 0.323. The quantitative estimate of drug-likeness (QED) is 0.875. The lowest BCUT2D eigenvalue weighted by molar-refractivity contribution is -0.155. The molecular formula is C14H17NO3. The Balaban J connectivity index is 1.70. The van der Waals surface area contributed by atoms with Crippen LogP contribution < -0.4 is 0 Å². The molecule has 0 aromatic heterocycles. The van der Waals surface area contributed by atoms with Gasteiger partial charge in [0.15, 0.2) is 0 Å². The number of hydrogen-bond acceptors (Lipinski definition) is 3. The third-order valence-corrected chi connectivity index (χ3v) is 4.16. The van der Waals surface area contributed by atoms with Crippen molar-refractivity contribution in [2.75, 3.05) is 26.3 Å². The number of likely N-dealkylation sites (tertiary alicyclic amines) is 1. The Hall–Kier alpha value is -1.39. The van der Waals surface area contributed by atoms with Gasteiger partial charge in [-0.15, -0.1) is 0 Å². The number of benzene rings is 1. The highest BCUT2D eigenvalue weighted by Gasteiger charge is 2.52. The van der Waals surface area contributed by atoms with Crippen molar-refractivity contribution in [1.29, 1.82) is 0 Å². The lowest BCUT2D eigenvalue weighted by atomic mass is 9.84. The molecule has 0 spiro atoms. The summed E-state index contributed by atoms with van der Waals surface area (Å²) in [5.41, 5.74) is 0.527. The first-order valence-corrected chi connectivity index (χ1v) is 6.33. The summed E-state index contributed by atoms with van der Waals surface area (Å²) < 4.78 is 5.30. The molecule has 2 saturated heterocycles. The molecule has 2 fully saturated rings. The Morgan fingerprint density at radius 2 is 2.06 bits per heavy atom. The number of carbonyl (C=O) groups is 1. The zero-order valence-corrected chi connectivity index (χ0v) is 10.2. The molecule has 0 aliphatic carbocycles. The van der Waals surface area contributed by atoms with E-state index in [1.807, 2.05) is 18.2 Å². The van der Waals surface area contributed by atoms with Crippen molar-refractivity contribution in [2.45, 2.75) is 17.9 Å². The molecule has 0 amide bonds. The van der Waals surface area contributed by atoms with Crippen LogP contribution in [0.15, 0.2) is 30.3 Å². The van der Waals surface area contributed by atoms with Gasteiger partial charge in [0.25, 0.3) is 0 Å². The van der Waals surface area contributed by atoms with Gasteiger partial charge in [-0.05, 0) is 5.56 Å². The van der Waals surface area contributed by atoms with E-state index in [0.717, 1.165) is 13.1 Å². The first-order valence-electron chi connectivity index (χ1n) is 6.33. The molecule has 0 bridgehead atoms. The van der Waals surface area contributed by atoms with Gasteiger partial charge in [-0.3, -0.25) is 9.69 Å². The van der Waals surface area contributed by atoms with Crippen molar-refractivity contribution in [3.63, 3.8) is 0 Å². The molecule has 18 heavy (non-hydrogen) atoms. The third kappa shape index (κ3) is 1.72. The molecule has 1 atom stereocenters. The number of hydrogen-bond donors (Lipinski definition) is 1. The number of carboxylic acids is 1. The molecule has 2 heterocycles. The number of aliphatic carboxylic acids is 1. The standard InChI is InChI=1S/C14H17NO3/c16-13(17)14(6-7-18-10-14)15-8-12(9-15)11-4-2-1-3-5-11/h1-5,12H,6-10H2,(H,16,17). The van der Waals surface area contributed by atoms with Crippen LogP contribution in [0, 0.1) is 0 Å². The Morgan fingerprint density at radius 1 is 1.33 bits per heavy atom. The summed E-state index contributed by atoms with van der Waals surface area (Å²) in [6.45, 7) is 2.52. The van der Waals surface area contributed by atoms with Crippen molar-refractivity contribution in [1.82, 2.24) is 4.90 Å². The molecule has 1 unspecified atom stereocenters. The number of nitrogens with zero attached hydrogens (tertiary/aromatic N) is 1. The summed E-state index contributed by atoms with van der Waals surface area (Å²) in [6, 6.07) is 10.3. The number of carboxylic acid groups (broad SMARTS) is 1. The van der Waals surface area contributed by atoms with E-state index in [1.54, 1.807) is 0 Å². The van der Waals surface area contributed by atoms with Gasteiger partial charge >= 0.3 is 5.97 Å². The summed E-state index contributed by atoms with van der Waals surface area (Å²) in [7, 11) is 0. The highest BCUT2D eigenvalue weighted by Crippen LogP contribution is 2.37. The summed E-state index contributed by atoms with van der Waals surface area (Å²) in [5.74, 6) is -0.283. The zero-order valence-electron chi connectivity index (χ0n) is 10.2. The molecule has 0 radical (unpaired) electrons. The molecule has 96 valence electrons. The molecule has 4 nitrogen and oxygen atoms in total. The molecule has 2 aliphatic heterocycles. The monoisotopic (exact) mass is 247 g/mol. The van der Waals surface area contributed by atoms with Gasteiger partial charge < -0.3 is 9.84 Å². The van der Waals surface area contributed by atoms with Crippen LogP contribution in [0.4, 0.5) is 0 Å². The third-order valence-electron chi connectivity index (χ3n) is 4.16. The Kier molecular flexibility index (Phi) is 2.84. The zero-order chi connectivity index (χ0) is 12.6. The highest BCUT2D eigenvalue weighted by atomic mass is 16.5. The maximum Gasteiger partial charge on any atom is 0.326 e. The first kappa shape index (κ1) is 11.7. The minimum atomic E-state index is -0.773. The Bertz CT molecular complexity index is 434. The number of rotatable bonds is 3. The van der Waals surface area contributed by atoms with Crippen molar-refractivity contribution < 1.29 is 14.6 Å². The molecule has 0 saturated carbocycles. The maximum absolute atomic E-state index is 11.5. The predicted octanol–water partition coefficient (Wildman–Crippen LogP) is 1.33. The average Bonchev–Trinajstić information content (AvgIpc) is 2.79. The van der Waals surface area contributed by atoms with E-state index in [2.05, 4.69) is 17.0 Å². The van der Waals surface area contributed by atoms with Crippen LogP contribution in [0.1, 0.15) is 17.9 Å². The Morgan fingerprint density at radius 3 is 2.61 bits per heavy atom. The van der Waals surface area contributed by atoms with Crippen LogP contribution in [0.5, 0.6) is 0 Å². The lowest BCUT2D eigenvalue weighted by Crippen LogP contribution is -2.63. The molecule has 1 N–H and O–H groups in total. The summed E-state index contributed by atoms with van der Waals surface area (Å²) >= 11 is 0. The fourth-order valence-corrected chi connectivity index (χ4v) is 2.87. The van der Waals surface area contributed by atoms with Crippen LogP contribution >= 0.6 is 0 Å². The second-order valence-electron chi connectivity index (χ2n) is 5.15. The molecule has 1 aromatic rings. The van der Waals surface area contributed by atoms with E-state index < -0.39 is 11.5 Å². The summed E-state index contributed by atoms with van der Waals surface area (Å²) in [6.07, 6.45) is 0.601. The van der Waals surface area contributed by atoms with Crippen LogP contribution in [-0.2, 0) is 9.53 Å². The van der Waals surface area contributed by atoms with E-state index >= 15 is 0 Å². The fraction of sp³-hybridized carbons (Fsp3) is 0.500. The second-order valence-corrected chi connectivity index (χ2v) is 5.15. The topological polar surface area (TPSA) is 49.8 Å². The fourth-order valence-electron chi connectivity index (χ4n) is 2.87. The van der Waals surface area contributed by atoms with Gasteiger partial charge in [0.1, 0.15) is 5.54 Å². The van der Waals surface area contributed by atoms with Crippen LogP contribution in [-0.4, -0.2) is 47.8 Å². The van der Waals surface area contributed by atoms with Gasteiger partial charge in [0, 0.05) is 32.0 Å². The molecule has 3 rings (SSSR count). The van der Waals surface area contributed by atoms with Crippen molar-refractivity contribution >= 4 is 5.97 Å². The SMILES string of the molecule is O=C(O)C1(N2CC(c3ccccc3)C2)CCOC1. The molecule has 1 aromatic carbocycles. The van der Waals surface area contributed by atoms with E-state index in [4.69, 9.17) is 4.74 Å². The van der Waals surface area contributed by atoms with Gasteiger partial charge in [-0.25, -0.2) is 0 Å². The highest BCUT2D eigenvalue weighted by molar-refractivity contribution is 5.79. The van der Waals surface area contributed by atoms with Crippen LogP contribution in [0.25, 0.3) is 0 Å². The number of ether oxygens (including phenoxy) is 1. The largest absolute Gasteiger partial charge is 0.480 e. The summed E-state index contributed by atoms with van der Waals surface area (Å²) in [4.78, 5) is 13.5. The minimum Gasteiger partial charge on any atom is -0.480 e. The molecule has 2 aliphatic rings. The van der Waals surface area contributed by atoms with Crippen LogP contribution in [0.2, 0.25) is 0 Å². The summed E-state index contributed by atoms with van der Waals surface area (Å²) in [5, 5.41) is 9.43. The Labute approximate surface area is 106 Å². The molecule has 4 heteroatoms. The van der Waals surface area contributed by atoms with Gasteiger partial charge in [-0.1, -0.05) is 30.3 Å². The van der Waals surface area contributed by atoms with Crippen LogP contribution in [0.3, 0.4) is 0 Å². The maximum atomic E-state index is 11.5. The van der Waals surface area contributed by atoms with Gasteiger partial charge in [0.05, 0.1) is 6.61 Å².